The van der Waals surface area contributed by atoms with Gasteiger partial charge in [-0.05, 0) is 47.1 Å². The van der Waals surface area contributed by atoms with E-state index >= 15 is 0 Å². The molecule has 0 saturated heterocycles. The quantitative estimate of drug-likeness (QED) is 0.533. The van der Waals surface area contributed by atoms with Crippen LogP contribution < -0.4 is 0 Å². The highest BCUT2D eigenvalue weighted by molar-refractivity contribution is 5.77. The standard InChI is InChI=1S/C19H22/c1-2-3-4-5-9-15-11-8-13-18-17-12-7-6-10-16(17)14-19(15)18/h6-8,10-13H,2-5,9,14H2,1H3. The van der Waals surface area contributed by atoms with Gasteiger partial charge in [-0.2, -0.15) is 0 Å². The minimum atomic E-state index is 1.13. The zero-order valence-electron chi connectivity index (χ0n) is 11.8. The van der Waals surface area contributed by atoms with Crippen molar-refractivity contribution in [2.45, 2.75) is 45.4 Å². The van der Waals surface area contributed by atoms with Crippen molar-refractivity contribution in [1.29, 1.82) is 0 Å². The lowest BCUT2D eigenvalue weighted by Gasteiger charge is -2.08. The maximum absolute atomic E-state index is 2.33. The zero-order chi connectivity index (χ0) is 13.1. The molecule has 2 aromatic rings. The summed E-state index contributed by atoms with van der Waals surface area (Å²) in [5.41, 5.74) is 7.58. The predicted octanol–water partition coefficient (Wildman–Crippen LogP) is 5.38. The van der Waals surface area contributed by atoms with Gasteiger partial charge in [0, 0.05) is 0 Å². The summed E-state index contributed by atoms with van der Waals surface area (Å²) in [5.74, 6) is 0. The van der Waals surface area contributed by atoms with Crippen molar-refractivity contribution in [1.82, 2.24) is 0 Å². The average Bonchev–Trinajstić information content (AvgIpc) is 2.83. The molecule has 0 aliphatic heterocycles. The van der Waals surface area contributed by atoms with Crippen LogP contribution in [0.15, 0.2) is 42.5 Å². The molecule has 0 heteroatoms. The molecule has 3 rings (SSSR count). The van der Waals surface area contributed by atoms with E-state index < -0.39 is 0 Å². The number of unbranched alkanes of at least 4 members (excludes halogenated alkanes) is 3. The Morgan fingerprint density at radius 3 is 2.58 bits per heavy atom. The van der Waals surface area contributed by atoms with Gasteiger partial charge in [0.25, 0.3) is 0 Å². The summed E-state index contributed by atoms with van der Waals surface area (Å²) < 4.78 is 0. The summed E-state index contributed by atoms with van der Waals surface area (Å²) in [6.45, 7) is 2.27. The van der Waals surface area contributed by atoms with Gasteiger partial charge in [-0.3, -0.25) is 0 Å². The van der Waals surface area contributed by atoms with Crippen molar-refractivity contribution in [3.63, 3.8) is 0 Å². The van der Waals surface area contributed by atoms with Gasteiger partial charge in [0.05, 0.1) is 0 Å². The largest absolute Gasteiger partial charge is 0.0654 e. The van der Waals surface area contributed by atoms with E-state index in [1.165, 1.54) is 48.8 Å². The normalized spacial score (nSPS) is 12.3. The fraction of sp³-hybridized carbons (Fsp3) is 0.368. The van der Waals surface area contributed by atoms with Crippen LogP contribution in [0.3, 0.4) is 0 Å². The van der Waals surface area contributed by atoms with Crippen LogP contribution in [0.1, 0.15) is 49.3 Å². The van der Waals surface area contributed by atoms with Crippen molar-refractivity contribution >= 4 is 0 Å². The molecule has 2 aromatic carbocycles. The van der Waals surface area contributed by atoms with Gasteiger partial charge in [-0.15, -0.1) is 0 Å². The molecular formula is C19H22. The lowest BCUT2D eigenvalue weighted by Crippen LogP contribution is -1.93. The van der Waals surface area contributed by atoms with Gasteiger partial charge >= 0.3 is 0 Å². The van der Waals surface area contributed by atoms with E-state index in [9.17, 15) is 0 Å². The molecule has 1 aliphatic rings. The fourth-order valence-corrected chi connectivity index (χ4v) is 3.20. The Labute approximate surface area is 116 Å². The molecule has 0 heterocycles. The van der Waals surface area contributed by atoms with Crippen LogP contribution in [0.5, 0.6) is 0 Å². The van der Waals surface area contributed by atoms with E-state index in [2.05, 4.69) is 49.4 Å². The predicted molar refractivity (Wildman–Crippen MR) is 82.5 cm³/mol. The second kappa shape index (κ2) is 5.61. The van der Waals surface area contributed by atoms with Crippen LogP contribution >= 0.6 is 0 Å². The molecule has 0 radical (unpaired) electrons. The topological polar surface area (TPSA) is 0 Å². The Balaban J connectivity index is 1.82. The molecular weight excluding hydrogens is 228 g/mol. The highest BCUT2D eigenvalue weighted by atomic mass is 14.2. The second-order valence-corrected chi connectivity index (χ2v) is 5.59. The fourth-order valence-electron chi connectivity index (χ4n) is 3.20. The third-order valence-corrected chi connectivity index (χ3v) is 4.25. The maximum atomic E-state index is 2.33. The van der Waals surface area contributed by atoms with Gasteiger partial charge in [0.2, 0.25) is 0 Å². The first-order valence-electron chi connectivity index (χ1n) is 7.59. The van der Waals surface area contributed by atoms with Crippen LogP contribution in [-0.2, 0) is 12.8 Å². The summed E-state index contributed by atoms with van der Waals surface area (Å²) in [4.78, 5) is 0. The van der Waals surface area contributed by atoms with Gasteiger partial charge in [-0.1, -0.05) is 68.7 Å². The van der Waals surface area contributed by atoms with Crippen molar-refractivity contribution < 1.29 is 0 Å². The Kier molecular flexibility index (Phi) is 3.68. The maximum Gasteiger partial charge on any atom is -0.00107 e. The minimum Gasteiger partial charge on any atom is -0.0654 e. The van der Waals surface area contributed by atoms with Gasteiger partial charge in [0.1, 0.15) is 0 Å². The van der Waals surface area contributed by atoms with E-state index in [0.717, 1.165) is 6.42 Å². The molecule has 0 N–H and O–H groups in total. The van der Waals surface area contributed by atoms with E-state index in [0.29, 0.717) is 0 Å². The molecule has 0 atom stereocenters. The van der Waals surface area contributed by atoms with E-state index in [-0.39, 0.29) is 0 Å². The third kappa shape index (κ3) is 2.45. The number of rotatable bonds is 5. The van der Waals surface area contributed by atoms with Crippen molar-refractivity contribution in [2.75, 3.05) is 0 Å². The van der Waals surface area contributed by atoms with E-state index in [1.54, 1.807) is 11.1 Å². The Morgan fingerprint density at radius 2 is 1.68 bits per heavy atom. The first-order valence-corrected chi connectivity index (χ1v) is 7.59. The molecule has 98 valence electrons. The summed E-state index contributed by atoms with van der Waals surface area (Å²) in [7, 11) is 0. The minimum absolute atomic E-state index is 1.13. The number of aryl methyl sites for hydroxylation is 1. The van der Waals surface area contributed by atoms with Gasteiger partial charge in [0.15, 0.2) is 0 Å². The van der Waals surface area contributed by atoms with Crippen LogP contribution in [0, 0.1) is 0 Å². The van der Waals surface area contributed by atoms with Crippen molar-refractivity contribution in [3.05, 3.63) is 59.2 Å². The van der Waals surface area contributed by atoms with Crippen LogP contribution in [0.4, 0.5) is 0 Å². The molecule has 1 aliphatic carbocycles. The number of hydrogen-bond acceptors (Lipinski definition) is 0. The molecule has 0 nitrogen and oxygen atoms in total. The van der Waals surface area contributed by atoms with Gasteiger partial charge in [-0.25, -0.2) is 0 Å². The van der Waals surface area contributed by atoms with Crippen LogP contribution in [-0.4, -0.2) is 0 Å². The van der Waals surface area contributed by atoms with Crippen LogP contribution in [0.2, 0.25) is 0 Å². The second-order valence-electron chi connectivity index (χ2n) is 5.59. The SMILES string of the molecule is CCCCCCc1cccc2c1Cc1ccccc1-2. The Hall–Kier alpha value is -1.56. The lowest BCUT2D eigenvalue weighted by atomic mass is 9.97. The Bertz CT molecular complexity index is 566. The number of fused-ring (bicyclic) bond motifs is 3. The third-order valence-electron chi connectivity index (χ3n) is 4.25. The summed E-state index contributed by atoms with van der Waals surface area (Å²) in [6, 6.07) is 15.7. The summed E-state index contributed by atoms with van der Waals surface area (Å²) >= 11 is 0. The van der Waals surface area contributed by atoms with E-state index in [4.69, 9.17) is 0 Å². The van der Waals surface area contributed by atoms with E-state index in [1.807, 2.05) is 0 Å². The first kappa shape index (κ1) is 12.5. The highest BCUT2D eigenvalue weighted by Gasteiger charge is 2.19. The molecule has 0 amide bonds. The molecule has 19 heavy (non-hydrogen) atoms. The van der Waals surface area contributed by atoms with Crippen molar-refractivity contribution in [2.24, 2.45) is 0 Å². The highest BCUT2D eigenvalue weighted by Crippen LogP contribution is 2.38. The smallest absolute Gasteiger partial charge is 0.00107 e. The van der Waals surface area contributed by atoms with Gasteiger partial charge < -0.3 is 0 Å². The molecule has 0 bridgehead atoms. The number of hydrogen-bond donors (Lipinski definition) is 0. The Morgan fingerprint density at radius 1 is 0.842 bits per heavy atom. The zero-order valence-corrected chi connectivity index (χ0v) is 11.8. The molecule has 0 unspecified atom stereocenters. The summed E-state index contributed by atoms with van der Waals surface area (Å²) in [6.07, 6.45) is 7.77. The molecule has 0 fully saturated rings. The molecule has 0 spiro atoms. The monoisotopic (exact) mass is 250 g/mol. The average molecular weight is 250 g/mol. The summed E-state index contributed by atoms with van der Waals surface area (Å²) in [5, 5.41) is 0. The lowest BCUT2D eigenvalue weighted by molar-refractivity contribution is 0.665. The van der Waals surface area contributed by atoms with Crippen molar-refractivity contribution in [3.8, 4) is 11.1 Å². The molecule has 0 saturated carbocycles. The van der Waals surface area contributed by atoms with Crippen LogP contribution in [0.25, 0.3) is 11.1 Å². The first-order chi connectivity index (χ1) is 9.40. The number of benzene rings is 2. The molecule has 0 aromatic heterocycles.